The van der Waals surface area contributed by atoms with Crippen molar-refractivity contribution in [1.82, 2.24) is 19.9 Å². The van der Waals surface area contributed by atoms with Crippen LogP contribution in [-0.4, -0.2) is 53.1 Å². The van der Waals surface area contributed by atoms with Crippen molar-refractivity contribution in [1.29, 1.82) is 0 Å². The minimum Gasteiger partial charge on any atom is -0.486 e. The van der Waals surface area contributed by atoms with Crippen LogP contribution in [0.25, 0.3) is 5.65 Å². The molecule has 31 heavy (non-hydrogen) atoms. The molecule has 3 heterocycles. The number of carbonyl (C=O) groups excluding carboxylic acids is 1. The highest BCUT2D eigenvalue weighted by atomic mass is 19.1. The third kappa shape index (κ3) is 3.71. The van der Waals surface area contributed by atoms with E-state index in [4.69, 9.17) is 9.47 Å². The number of nitrogens with zero attached hydrogens (tertiary/aromatic N) is 3. The fraction of sp³-hybridized carbons (Fsp3) is 0.316. The van der Waals surface area contributed by atoms with Crippen LogP contribution in [0.15, 0.2) is 24.4 Å². The number of aromatic nitrogens is 3. The minimum absolute atomic E-state index is 0.304. The van der Waals surface area contributed by atoms with Crippen molar-refractivity contribution >= 4 is 34.7 Å². The molecule has 3 aromatic rings. The zero-order valence-corrected chi connectivity index (χ0v) is 16.4. The molecule has 0 bridgehead atoms. The Morgan fingerprint density at radius 2 is 2.03 bits per heavy atom. The first-order valence-corrected chi connectivity index (χ1v) is 9.66. The van der Waals surface area contributed by atoms with Crippen LogP contribution in [0.4, 0.5) is 36.6 Å². The minimum atomic E-state index is -1.01. The Bertz CT molecular complexity index is 1170. The van der Waals surface area contributed by atoms with Crippen LogP contribution >= 0.6 is 0 Å². The molecule has 2 aliphatic rings. The van der Waals surface area contributed by atoms with Gasteiger partial charge >= 0.3 is 6.03 Å². The van der Waals surface area contributed by atoms with Crippen molar-refractivity contribution in [3.05, 3.63) is 30.2 Å². The highest BCUT2D eigenvalue weighted by molar-refractivity contribution is 5.93. The van der Waals surface area contributed by atoms with Gasteiger partial charge in [0.2, 0.25) is 0 Å². The lowest BCUT2D eigenvalue weighted by Crippen LogP contribution is -2.31. The summed E-state index contributed by atoms with van der Waals surface area (Å²) in [4.78, 5) is 16.6. The molecule has 162 valence electrons. The van der Waals surface area contributed by atoms with E-state index in [1.807, 2.05) is 0 Å². The van der Waals surface area contributed by atoms with Gasteiger partial charge in [0.1, 0.15) is 42.5 Å². The van der Waals surface area contributed by atoms with Crippen LogP contribution in [0.3, 0.4) is 0 Å². The van der Waals surface area contributed by atoms with E-state index in [-0.39, 0.29) is 0 Å². The van der Waals surface area contributed by atoms with Gasteiger partial charge in [0.05, 0.1) is 17.9 Å². The van der Waals surface area contributed by atoms with Crippen molar-refractivity contribution in [2.45, 2.75) is 18.6 Å². The topological polar surface area (TPSA) is 114 Å². The maximum absolute atomic E-state index is 14.0. The van der Waals surface area contributed by atoms with E-state index in [0.29, 0.717) is 59.8 Å². The highest BCUT2D eigenvalue weighted by Gasteiger charge is 2.38. The smallest absolute Gasteiger partial charge is 0.319 e. The Morgan fingerprint density at radius 3 is 2.81 bits per heavy atom. The fourth-order valence-corrected chi connectivity index (χ4v) is 3.28. The van der Waals surface area contributed by atoms with E-state index >= 15 is 0 Å². The molecule has 2 unspecified atom stereocenters. The number of alkyl halides is 1. The number of ether oxygens (including phenoxy) is 2. The predicted molar refractivity (Wildman–Crippen MR) is 109 cm³/mol. The van der Waals surface area contributed by atoms with Crippen molar-refractivity contribution < 1.29 is 23.0 Å². The SMILES string of the molecule is CNc1cc(Nc2cc(F)cc3c2OCCO3)nc2c(NC(=O)NC3CC3F)cnn12. The molecule has 0 spiro atoms. The molecular weight excluding hydrogens is 412 g/mol. The number of anilines is 4. The lowest BCUT2D eigenvalue weighted by atomic mass is 10.2. The second kappa shape index (κ2) is 7.45. The van der Waals surface area contributed by atoms with Crippen molar-refractivity contribution in [2.24, 2.45) is 0 Å². The number of rotatable bonds is 5. The van der Waals surface area contributed by atoms with E-state index in [0.717, 1.165) is 0 Å². The second-order valence-corrected chi connectivity index (χ2v) is 7.13. The summed E-state index contributed by atoms with van der Waals surface area (Å²) >= 11 is 0. The van der Waals surface area contributed by atoms with Gasteiger partial charge in [-0.2, -0.15) is 9.61 Å². The van der Waals surface area contributed by atoms with E-state index in [1.165, 1.54) is 22.8 Å². The first-order valence-electron chi connectivity index (χ1n) is 9.66. The van der Waals surface area contributed by atoms with E-state index < -0.39 is 24.1 Å². The van der Waals surface area contributed by atoms with Crippen LogP contribution in [0, 0.1) is 5.82 Å². The number of amides is 2. The van der Waals surface area contributed by atoms with Gasteiger partial charge in [0.15, 0.2) is 17.1 Å². The molecule has 1 aliphatic heterocycles. The Kier molecular flexibility index (Phi) is 4.60. The second-order valence-electron chi connectivity index (χ2n) is 7.13. The zero-order valence-electron chi connectivity index (χ0n) is 16.4. The first-order chi connectivity index (χ1) is 15.0. The number of nitrogens with one attached hydrogen (secondary N) is 4. The summed E-state index contributed by atoms with van der Waals surface area (Å²) in [5, 5.41) is 15.4. The summed E-state index contributed by atoms with van der Waals surface area (Å²) < 4.78 is 39.7. The molecule has 4 N–H and O–H groups in total. The molecular formula is C19H19F2N7O3. The summed E-state index contributed by atoms with van der Waals surface area (Å²) in [5.74, 6) is 1.12. The summed E-state index contributed by atoms with van der Waals surface area (Å²) in [7, 11) is 1.70. The van der Waals surface area contributed by atoms with Gasteiger partial charge < -0.3 is 30.7 Å². The number of halogens is 2. The third-order valence-electron chi connectivity index (χ3n) is 4.87. The summed E-state index contributed by atoms with van der Waals surface area (Å²) in [5.41, 5.74) is 1.01. The largest absolute Gasteiger partial charge is 0.486 e. The number of fused-ring (bicyclic) bond motifs is 2. The molecule has 1 aromatic carbocycles. The number of benzene rings is 1. The van der Waals surface area contributed by atoms with Gasteiger partial charge in [-0.3, -0.25) is 0 Å². The molecule has 1 aliphatic carbocycles. The summed E-state index contributed by atoms with van der Waals surface area (Å²) in [6.07, 6.45) is 0.734. The molecule has 1 saturated carbocycles. The maximum Gasteiger partial charge on any atom is 0.319 e. The average molecular weight is 431 g/mol. The summed E-state index contributed by atoms with van der Waals surface area (Å²) in [6.45, 7) is 0.676. The number of urea groups is 1. The number of carbonyl (C=O) groups is 1. The van der Waals surface area contributed by atoms with E-state index in [1.54, 1.807) is 13.1 Å². The zero-order chi connectivity index (χ0) is 21.5. The molecule has 12 heteroatoms. The van der Waals surface area contributed by atoms with E-state index in [9.17, 15) is 13.6 Å². The monoisotopic (exact) mass is 431 g/mol. The Hall–Kier alpha value is -3.83. The van der Waals surface area contributed by atoms with Gasteiger partial charge in [-0.15, -0.1) is 0 Å². The lowest BCUT2D eigenvalue weighted by Gasteiger charge is -2.21. The fourth-order valence-electron chi connectivity index (χ4n) is 3.28. The molecule has 2 atom stereocenters. The molecule has 5 rings (SSSR count). The normalized spacial score (nSPS) is 19.1. The third-order valence-corrected chi connectivity index (χ3v) is 4.87. The Morgan fingerprint density at radius 1 is 1.23 bits per heavy atom. The summed E-state index contributed by atoms with van der Waals surface area (Å²) in [6, 6.07) is 3.19. The van der Waals surface area contributed by atoms with Crippen LogP contribution in [0.1, 0.15) is 6.42 Å². The number of hydrogen-bond acceptors (Lipinski definition) is 7. The van der Waals surface area contributed by atoms with Crippen LogP contribution in [0.5, 0.6) is 11.5 Å². The molecule has 2 aromatic heterocycles. The standard InChI is InChI=1S/C19H19F2N7O3/c1-22-16-7-15(24-12-4-9(20)5-14-17(12)31-3-2-30-14)27-18-13(8-23-28(16)18)26-19(29)25-11-6-10(11)21/h4-5,7-8,10-11,22H,2-3,6H2,1H3,(H,24,27)(H2,25,26,29). The molecule has 1 fully saturated rings. The Labute approximate surface area is 174 Å². The molecule has 0 radical (unpaired) electrons. The predicted octanol–water partition coefficient (Wildman–Crippen LogP) is 2.66. The molecule has 10 nitrogen and oxygen atoms in total. The first kappa shape index (κ1) is 19.2. The van der Waals surface area contributed by atoms with Crippen molar-refractivity contribution in [3.63, 3.8) is 0 Å². The van der Waals surface area contributed by atoms with Gasteiger partial charge in [0, 0.05) is 31.7 Å². The molecule has 2 amide bonds. The van der Waals surface area contributed by atoms with Crippen LogP contribution in [0.2, 0.25) is 0 Å². The van der Waals surface area contributed by atoms with Crippen molar-refractivity contribution in [3.8, 4) is 11.5 Å². The van der Waals surface area contributed by atoms with Gasteiger partial charge in [-0.25, -0.2) is 18.6 Å². The number of hydrogen-bond donors (Lipinski definition) is 4. The molecule has 0 saturated heterocycles. The van der Waals surface area contributed by atoms with Crippen LogP contribution < -0.4 is 30.7 Å². The van der Waals surface area contributed by atoms with Gasteiger partial charge in [-0.1, -0.05) is 0 Å². The van der Waals surface area contributed by atoms with Gasteiger partial charge in [0.25, 0.3) is 0 Å². The highest BCUT2D eigenvalue weighted by Crippen LogP contribution is 2.40. The van der Waals surface area contributed by atoms with E-state index in [2.05, 4.69) is 31.3 Å². The lowest BCUT2D eigenvalue weighted by molar-refractivity contribution is 0.172. The maximum atomic E-state index is 14.0. The Balaban J connectivity index is 1.47. The van der Waals surface area contributed by atoms with Gasteiger partial charge in [-0.05, 0) is 0 Å². The average Bonchev–Trinajstić information content (AvgIpc) is 3.29. The van der Waals surface area contributed by atoms with Crippen LogP contribution in [-0.2, 0) is 0 Å². The quantitative estimate of drug-likeness (QED) is 0.491. The van der Waals surface area contributed by atoms with Crippen molar-refractivity contribution in [2.75, 3.05) is 36.2 Å².